The zero-order valence-electron chi connectivity index (χ0n) is 24.4. The minimum atomic E-state index is -1.80. The van der Waals surface area contributed by atoms with Gasteiger partial charge in [-0.25, -0.2) is 0 Å². The van der Waals surface area contributed by atoms with Crippen LogP contribution in [0.25, 0.3) is 0 Å². The van der Waals surface area contributed by atoms with Gasteiger partial charge in [0.1, 0.15) is 8.07 Å². The normalized spacial score (nSPS) is 11.3. The second kappa shape index (κ2) is 48.6. The van der Waals surface area contributed by atoms with Gasteiger partial charge in [-0.05, 0) is 6.04 Å². The van der Waals surface area contributed by atoms with E-state index in [0.29, 0.717) is 0 Å². The van der Waals surface area contributed by atoms with E-state index in [1.807, 2.05) is 28.5 Å². The molecule has 214 valence electrons. The van der Waals surface area contributed by atoms with E-state index in [4.69, 9.17) is 10.6 Å². The third kappa shape index (κ3) is 34.4. The maximum absolute atomic E-state index is 5.52. The van der Waals surface area contributed by atoms with Crippen LogP contribution in [0, 0.1) is 0 Å². The van der Waals surface area contributed by atoms with E-state index in [0.717, 1.165) is 76.9 Å². The molecule has 8 nitrogen and oxygen atoms in total. The van der Waals surface area contributed by atoms with E-state index in [9.17, 15) is 0 Å². The molecule has 8 N–H and O–H groups in total. The molecule has 2 unspecified atom stereocenters. The van der Waals surface area contributed by atoms with Crippen molar-refractivity contribution in [1.82, 2.24) is 0 Å². The molecule has 0 aliphatic carbocycles. The van der Waals surface area contributed by atoms with Gasteiger partial charge in [0.15, 0.2) is 0 Å². The van der Waals surface area contributed by atoms with Crippen LogP contribution in [-0.2, 0) is 10.6 Å². The van der Waals surface area contributed by atoms with E-state index in [1.165, 1.54) is 0 Å². The third-order valence-electron chi connectivity index (χ3n) is 4.66. The zero-order valence-corrected chi connectivity index (χ0v) is 63.4. The second-order valence-electron chi connectivity index (χ2n) is 6.25. The Morgan fingerprint density at radius 3 is 0.892 bits per heavy atom. The van der Waals surface area contributed by atoms with Crippen LogP contribution in [-0.4, -0.2) is 242 Å². The SMILES string of the molecule is C=C[Si](C=C)(C=C)CC.C=C[Si](CCC)([O][InH2])[O][SnH].C=C[Si](CCC)([O][InH2])[O][SnH].O.O.O.O.[InH2].[InH2].[SnH].[SnH]. The predicted octanol–water partition coefficient (Wildman–Crippen LogP) is -3.88. The Balaban J connectivity index is -0.0000000275. The molecular weight excluding hydrogens is 1360 g/mol. The molecule has 0 bridgehead atoms. The first-order valence-corrected chi connectivity index (χ1v) is 23.8. The monoisotopic (exact) mass is 1420 g/mol. The Morgan fingerprint density at radius 2 is 0.865 bits per heavy atom. The van der Waals surface area contributed by atoms with Crippen molar-refractivity contribution in [3.8, 4) is 0 Å². The predicted molar refractivity (Wildman–Crippen MR) is 190 cm³/mol. The number of hydrogen-bond acceptors (Lipinski definition) is 4. The summed E-state index contributed by atoms with van der Waals surface area (Å²) in [6, 6.07) is 3.28. The molecule has 0 rings (SSSR count). The molecule has 37 heavy (non-hydrogen) atoms. The first kappa shape index (κ1) is 73.9. The molecule has 0 aromatic heterocycles. The summed E-state index contributed by atoms with van der Waals surface area (Å²) < 4.78 is 22.0. The van der Waals surface area contributed by atoms with Crippen LogP contribution in [0.15, 0.2) is 61.4 Å². The Bertz CT molecular complexity index is 454. The van der Waals surface area contributed by atoms with Gasteiger partial charge in [-0.1, -0.05) is 24.0 Å². The van der Waals surface area contributed by atoms with Gasteiger partial charge in [0.05, 0.1) is 0 Å². The van der Waals surface area contributed by atoms with Crippen LogP contribution < -0.4 is 0 Å². The fraction of sp³-hybridized carbons (Fsp3) is 0.444. The molecule has 0 amide bonds. The summed E-state index contributed by atoms with van der Waals surface area (Å²) in [4.78, 5) is 0. The molecule has 19 heteroatoms. The van der Waals surface area contributed by atoms with E-state index >= 15 is 0 Å². The van der Waals surface area contributed by atoms with Crippen LogP contribution in [0.3, 0.4) is 0 Å². The molecule has 0 aromatic carbocycles. The summed E-state index contributed by atoms with van der Waals surface area (Å²) in [5, 5.41) is 0. The molecule has 2 atom stereocenters. The van der Waals surface area contributed by atoms with Gasteiger partial charge in [0.25, 0.3) is 0 Å². The van der Waals surface area contributed by atoms with Crippen LogP contribution in [0.2, 0.25) is 18.1 Å². The average Bonchev–Trinajstić information content (AvgIpc) is 2.79. The molecule has 0 fully saturated rings. The molecule has 0 aromatic rings. The fourth-order valence-corrected chi connectivity index (χ4v) is 29.5. The molecule has 12 radical (unpaired) electrons. The van der Waals surface area contributed by atoms with Crippen molar-refractivity contribution in [1.29, 1.82) is 0 Å². The van der Waals surface area contributed by atoms with E-state index < -0.39 is 25.2 Å². The first-order valence-electron chi connectivity index (χ1n) is 9.77. The summed E-state index contributed by atoms with van der Waals surface area (Å²) >= 11 is 2.24. The van der Waals surface area contributed by atoms with Gasteiger partial charge in [-0.15, -0.1) is 19.7 Å². The topological polar surface area (TPSA) is 163 Å². The van der Waals surface area contributed by atoms with E-state index in [2.05, 4.69) is 53.7 Å². The summed E-state index contributed by atoms with van der Waals surface area (Å²) in [7, 11) is -5.00. The van der Waals surface area contributed by atoms with Gasteiger partial charge in [-0.2, -0.15) is 0 Å². The minimum absolute atomic E-state index is 0. The Labute approximate surface area is 359 Å². The van der Waals surface area contributed by atoms with Gasteiger partial charge < -0.3 is 21.9 Å². The zero-order chi connectivity index (χ0) is 23.4. The van der Waals surface area contributed by atoms with Crippen molar-refractivity contribution >= 4 is 220 Å². The van der Waals surface area contributed by atoms with Gasteiger partial charge in [-0.3, -0.25) is 0 Å². The summed E-state index contributed by atoms with van der Waals surface area (Å²) in [5.74, 6) is 0. The average molecular weight is 1420 g/mol. The van der Waals surface area contributed by atoms with E-state index in [-0.39, 0.29) is 171 Å². The first-order chi connectivity index (χ1) is 13.7. The van der Waals surface area contributed by atoms with Crippen LogP contribution in [0.4, 0.5) is 0 Å². The van der Waals surface area contributed by atoms with Crippen LogP contribution in [0.1, 0.15) is 33.6 Å². The number of rotatable bonds is 14. The molecule has 0 aliphatic rings. The molecular formula is C18H54In4O8Si3Sn4. The standard InChI is InChI=1S/C8H14Si.2C5H10O2Si.4In.4H2O.4Sn.12H/c1-5-9(6-2,7-3)8-4;2*1-3-5-8(6,7)4-2;;;;;;;;;;;;;;;;;;;;;;;;/h5-7H,1-3,8H2,4H3;2*4H,2-3,5H2,1H3;;;;;4*1H2;;;;;;;;;;;;;;;;/q;2*-2;;;2*+1;;;;;;;2*+1;;;;;;;;;;;;. The van der Waals surface area contributed by atoms with Crippen LogP contribution in [0.5, 0.6) is 0 Å². The Hall–Kier alpha value is 5.71. The van der Waals surface area contributed by atoms with Gasteiger partial charge >= 0.3 is 286 Å². The Kier molecular flexibility index (Phi) is 97.1. The molecule has 0 heterocycles. The summed E-state index contributed by atoms with van der Waals surface area (Å²) in [6.07, 6.45) is 2.28. The molecule has 0 saturated carbocycles. The van der Waals surface area contributed by atoms with Crippen LogP contribution >= 0.6 is 0 Å². The van der Waals surface area contributed by atoms with Crippen molar-refractivity contribution in [3.05, 3.63) is 61.4 Å². The van der Waals surface area contributed by atoms with E-state index in [1.54, 1.807) is 0 Å². The second-order valence-corrected chi connectivity index (χ2v) is 27.8. The van der Waals surface area contributed by atoms with Crippen molar-refractivity contribution in [3.63, 3.8) is 0 Å². The van der Waals surface area contributed by atoms with Crippen molar-refractivity contribution in [2.45, 2.75) is 51.7 Å². The van der Waals surface area contributed by atoms with Gasteiger partial charge in [0, 0.05) is 0 Å². The van der Waals surface area contributed by atoms with Crippen molar-refractivity contribution in [2.24, 2.45) is 0 Å². The fourth-order valence-electron chi connectivity index (χ4n) is 2.27. The molecule has 0 spiro atoms. The van der Waals surface area contributed by atoms with Gasteiger partial charge in [0.2, 0.25) is 0 Å². The molecule has 0 saturated heterocycles. The third-order valence-corrected chi connectivity index (χ3v) is 32.7. The quantitative estimate of drug-likeness (QED) is 0.163. The number of hydrogen-bond donors (Lipinski definition) is 0. The van der Waals surface area contributed by atoms with Crippen molar-refractivity contribution < 1.29 is 32.5 Å². The van der Waals surface area contributed by atoms with Crippen molar-refractivity contribution in [2.75, 3.05) is 0 Å². The summed E-state index contributed by atoms with van der Waals surface area (Å²) in [6.45, 7) is 25.3. The maximum atomic E-state index is 5.52. The Morgan fingerprint density at radius 1 is 0.622 bits per heavy atom. The molecule has 0 aliphatic heterocycles. The summed E-state index contributed by atoms with van der Waals surface area (Å²) in [5.41, 5.74) is 9.85.